The number of halogens is 1. The molecule has 12 heteroatoms. The molecule has 0 bridgehead atoms. The molecule has 1 aromatic carbocycles. The summed E-state index contributed by atoms with van der Waals surface area (Å²) in [6, 6.07) is 9.19. The van der Waals surface area contributed by atoms with Crippen LogP contribution in [0.15, 0.2) is 45.4 Å². The fourth-order valence-corrected chi connectivity index (χ4v) is 4.83. The molecule has 2 N–H and O–H groups in total. The van der Waals surface area contributed by atoms with Gasteiger partial charge in [-0.3, -0.25) is 4.79 Å². The molecule has 3 aromatic heterocycles. The van der Waals surface area contributed by atoms with E-state index >= 15 is 0 Å². The van der Waals surface area contributed by atoms with Crippen LogP contribution in [0.5, 0.6) is 0 Å². The molecule has 0 aliphatic carbocycles. The van der Waals surface area contributed by atoms with Gasteiger partial charge in [-0.1, -0.05) is 47.9 Å². The van der Waals surface area contributed by atoms with Crippen LogP contribution in [0.1, 0.15) is 37.0 Å². The van der Waals surface area contributed by atoms with Gasteiger partial charge in [0.1, 0.15) is 11.6 Å². The van der Waals surface area contributed by atoms with E-state index in [2.05, 4.69) is 42.5 Å². The predicted octanol–water partition coefficient (Wildman–Crippen LogP) is 5.55. The van der Waals surface area contributed by atoms with Crippen molar-refractivity contribution < 1.29 is 9.32 Å². The Kier molecular flexibility index (Phi) is 8.20. The summed E-state index contributed by atoms with van der Waals surface area (Å²) in [5, 5.41) is 22.7. The number of nitrogens with one attached hydrogen (secondary N) is 2. The fourth-order valence-electron chi connectivity index (χ4n) is 3.13. The number of aryl methyl sites for hydroxylation is 1. The topological polar surface area (TPSA) is 111 Å². The third-order valence-corrected chi connectivity index (χ3v) is 6.73. The van der Waals surface area contributed by atoms with Gasteiger partial charge in [0.25, 0.3) is 0 Å². The van der Waals surface area contributed by atoms with Gasteiger partial charge in [-0.2, -0.15) is 0 Å². The Hall–Kier alpha value is -2.89. The summed E-state index contributed by atoms with van der Waals surface area (Å²) < 4.78 is 7.05. The Balaban J connectivity index is 1.40. The summed E-state index contributed by atoms with van der Waals surface area (Å²) in [6.45, 7) is 4.69. The Morgan fingerprint density at radius 1 is 1.29 bits per heavy atom. The molecule has 0 fully saturated rings. The van der Waals surface area contributed by atoms with Crippen molar-refractivity contribution in [2.24, 2.45) is 0 Å². The van der Waals surface area contributed by atoms with Gasteiger partial charge < -0.3 is 19.7 Å². The second-order valence-corrected chi connectivity index (χ2v) is 9.76. The molecule has 9 nitrogen and oxygen atoms in total. The Morgan fingerprint density at radius 3 is 2.94 bits per heavy atom. The minimum atomic E-state index is -0.180. The van der Waals surface area contributed by atoms with Crippen LogP contribution in [0.3, 0.4) is 0 Å². The van der Waals surface area contributed by atoms with Crippen molar-refractivity contribution >= 4 is 57.2 Å². The first-order valence-electron chi connectivity index (χ1n) is 10.7. The number of carbonyl (C=O) groups excluding carboxylic acids is 1. The molecule has 4 aromatic rings. The van der Waals surface area contributed by atoms with Crippen LogP contribution in [0.2, 0.25) is 5.02 Å². The number of aromatic nitrogens is 5. The molecule has 0 atom stereocenters. The Morgan fingerprint density at radius 2 is 2.18 bits per heavy atom. The molecule has 3 heterocycles. The summed E-state index contributed by atoms with van der Waals surface area (Å²) in [5.41, 5.74) is 1.78. The Bertz CT molecular complexity index is 1250. The lowest BCUT2D eigenvalue weighted by molar-refractivity contribution is -0.113. The zero-order valence-electron chi connectivity index (χ0n) is 18.7. The van der Waals surface area contributed by atoms with E-state index in [0.29, 0.717) is 28.2 Å². The van der Waals surface area contributed by atoms with Crippen molar-refractivity contribution in [2.45, 2.75) is 44.8 Å². The molecule has 0 aliphatic rings. The van der Waals surface area contributed by atoms with Crippen LogP contribution in [-0.2, 0) is 17.8 Å². The highest BCUT2D eigenvalue weighted by molar-refractivity contribution is 7.99. The number of hydrogen-bond donors (Lipinski definition) is 2. The standard InChI is InChI=1S/C22H24ClN7O2S2/c1-3-4-8-30-19(11-17-12-33-21(25-17)24-16-7-5-6-15(23)10-16)27-28-22(30)34-13-20(31)26-18-9-14(2)32-29-18/h5-7,9-10,12H,3-4,8,11,13H2,1-2H3,(H,24,25)(H,26,29,31). The molecule has 0 radical (unpaired) electrons. The lowest BCUT2D eigenvalue weighted by atomic mass is 10.3. The number of thiazole rings is 1. The summed E-state index contributed by atoms with van der Waals surface area (Å²) in [7, 11) is 0. The van der Waals surface area contributed by atoms with Gasteiger partial charge >= 0.3 is 0 Å². The number of anilines is 3. The van der Waals surface area contributed by atoms with Crippen LogP contribution in [-0.4, -0.2) is 36.6 Å². The molecule has 4 rings (SSSR count). The number of thioether (sulfide) groups is 1. The molecular weight excluding hydrogens is 494 g/mol. The highest BCUT2D eigenvalue weighted by Gasteiger charge is 2.16. The SMILES string of the molecule is CCCCn1c(Cc2csc(Nc3cccc(Cl)c3)n2)nnc1SCC(=O)Nc1cc(C)on1. The monoisotopic (exact) mass is 517 g/mol. The lowest BCUT2D eigenvalue weighted by Gasteiger charge is -2.09. The van der Waals surface area contributed by atoms with E-state index < -0.39 is 0 Å². The van der Waals surface area contributed by atoms with Crippen LogP contribution in [0.4, 0.5) is 16.6 Å². The highest BCUT2D eigenvalue weighted by Crippen LogP contribution is 2.25. The normalized spacial score (nSPS) is 11.0. The molecule has 0 saturated carbocycles. The largest absolute Gasteiger partial charge is 0.360 e. The molecule has 34 heavy (non-hydrogen) atoms. The lowest BCUT2D eigenvalue weighted by Crippen LogP contribution is -2.15. The van der Waals surface area contributed by atoms with Crippen LogP contribution < -0.4 is 10.6 Å². The summed E-state index contributed by atoms with van der Waals surface area (Å²) >= 11 is 8.93. The number of amides is 1. The zero-order valence-corrected chi connectivity index (χ0v) is 21.1. The van der Waals surface area contributed by atoms with E-state index in [4.69, 9.17) is 16.1 Å². The predicted molar refractivity (Wildman–Crippen MR) is 135 cm³/mol. The van der Waals surface area contributed by atoms with Crippen molar-refractivity contribution in [1.82, 2.24) is 24.9 Å². The zero-order chi connectivity index (χ0) is 23.9. The smallest absolute Gasteiger partial charge is 0.236 e. The molecule has 0 spiro atoms. The highest BCUT2D eigenvalue weighted by atomic mass is 35.5. The second kappa shape index (κ2) is 11.5. The van der Waals surface area contributed by atoms with E-state index in [0.717, 1.165) is 41.7 Å². The van der Waals surface area contributed by atoms with Crippen molar-refractivity contribution in [3.8, 4) is 0 Å². The Labute approximate surface area is 210 Å². The number of unbranched alkanes of at least 4 members (excludes halogenated alkanes) is 1. The van der Waals surface area contributed by atoms with Crippen molar-refractivity contribution in [3.05, 3.63) is 58.0 Å². The molecule has 178 valence electrons. The minimum Gasteiger partial charge on any atom is -0.360 e. The average Bonchev–Trinajstić information content (AvgIpc) is 3.52. The fraction of sp³-hybridized carbons (Fsp3) is 0.318. The summed E-state index contributed by atoms with van der Waals surface area (Å²) in [4.78, 5) is 17.0. The third kappa shape index (κ3) is 6.58. The van der Waals surface area contributed by atoms with Gasteiger partial charge in [0.15, 0.2) is 16.1 Å². The molecular formula is C22H24ClN7O2S2. The first-order chi connectivity index (χ1) is 16.5. The van der Waals surface area contributed by atoms with Crippen LogP contribution >= 0.6 is 34.7 Å². The van der Waals surface area contributed by atoms with Gasteiger partial charge in [0, 0.05) is 28.7 Å². The third-order valence-electron chi connectivity index (χ3n) is 4.72. The number of carbonyl (C=O) groups is 1. The van der Waals surface area contributed by atoms with E-state index in [1.54, 1.807) is 13.0 Å². The van der Waals surface area contributed by atoms with Crippen molar-refractivity contribution in [2.75, 3.05) is 16.4 Å². The first kappa shape index (κ1) is 24.2. The minimum absolute atomic E-state index is 0.180. The van der Waals surface area contributed by atoms with E-state index in [9.17, 15) is 4.79 Å². The maximum Gasteiger partial charge on any atom is 0.236 e. The quantitative estimate of drug-likeness (QED) is 0.249. The number of hydrogen-bond acceptors (Lipinski definition) is 9. The summed E-state index contributed by atoms with van der Waals surface area (Å²) in [5.74, 6) is 1.88. The van der Waals surface area contributed by atoms with Crippen LogP contribution in [0, 0.1) is 6.92 Å². The average molecular weight is 518 g/mol. The number of benzene rings is 1. The van der Waals surface area contributed by atoms with Gasteiger partial charge in [0.2, 0.25) is 5.91 Å². The molecule has 0 aliphatic heterocycles. The van der Waals surface area contributed by atoms with Gasteiger partial charge in [0.05, 0.1) is 17.9 Å². The van der Waals surface area contributed by atoms with Crippen molar-refractivity contribution in [1.29, 1.82) is 0 Å². The van der Waals surface area contributed by atoms with Gasteiger partial charge in [-0.25, -0.2) is 4.98 Å². The molecule has 0 unspecified atom stereocenters. The number of nitrogens with zero attached hydrogens (tertiary/aromatic N) is 5. The maximum absolute atomic E-state index is 12.3. The van der Waals surface area contributed by atoms with Crippen LogP contribution in [0.25, 0.3) is 0 Å². The van der Waals surface area contributed by atoms with E-state index in [-0.39, 0.29) is 11.7 Å². The summed E-state index contributed by atoms with van der Waals surface area (Å²) in [6.07, 6.45) is 2.58. The van der Waals surface area contributed by atoms with Gasteiger partial charge in [-0.05, 0) is 31.5 Å². The van der Waals surface area contributed by atoms with Gasteiger partial charge in [-0.15, -0.1) is 21.5 Å². The number of rotatable bonds is 11. The van der Waals surface area contributed by atoms with E-state index in [1.807, 2.05) is 29.6 Å². The van der Waals surface area contributed by atoms with E-state index in [1.165, 1.54) is 23.1 Å². The maximum atomic E-state index is 12.3. The molecule has 0 saturated heterocycles. The first-order valence-corrected chi connectivity index (χ1v) is 13.0. The van der Waals surface area contributed by atoms with Crippen molar-refractivity contribution in [3.63, 3.8) is 0 Å². The second-order valence-electron chi connectivity index (χ2n) is 7.52. The molecule has 1 amide bonds.